The van der Waals surface area contributed by atoms with E-state index in [0.29, 0.717) is 28.8 Å². The fraction of sp³-hybridized carbons (Fsp3) is 0.227. The fourth-order valence-corrected chi connectivity index (χ4v) is 4.88. The van der Waals surface area contributed by atoms with Gasteiger partial charge in [-0.05, 0) is 35.6 Å². The van der Waals surface area contributed by atoms with Crippen LogP contribution in [0.1, 0.15) is 13.8 Å². The highest BCUT2D eigenvalue weighted by Crippen LogP contribution is 2.32. The van der Waals surface area contributed by atoms with Crippen LogP contribution in [0.5, 0.6) is 0 Å². The van der Waals surface area contributed by atoms with Crippen LogP contribution in [0.4, 0.5) is 5.69 Å². The summed E-state index contributed by atoms with van der Waals surface area (Å²) in [4.78, 5) is 0.265. The number of nitrogens with one attached hydrogen (secondary N) is 2. The Morgan fingerprint density at radius 3 is 2.59 bits per heavy atom. The van der Waals surface area contributed by atoms with Crippen molar-refractivity contribution in [3.8, 4) is 0 Å². The van der Waals surface area contributed by atoms with E-state index in [1.54, 1.807) is 18.2 Å². The molecule has 0 saturated heterocycles. The molecule has 0 saturated carbocycles. The van der Waals surface area contributed by atoms with E-state index in [4.69, 9.17) is 5.73 Å². The Hall–Kier alpha value is -2.90. The molecule has 0 amide bonds. The highest BCUT2D eigenvalue weighted by Gasteiger charge is 2.25. The molecule has 1 heterocycles. The van der Waals surface area contributed by atoms with E-state index in [-0.39, 0.29) is 16.0 Å². The lowest BCUT2D eigenvalue weighted by Gasteiger charge is -2.17. The second-order valence-corrected chi connectivity index (χ2v) is 9.41. The third kappa shape index (κ3) is 3.59. The largest absolute Gasteiger partial charge is 0.383 e. The van der Waals surface area contributed by atoms with E-state index in [1.807, 2.05) is 42.5 Å². The molecule has 1 atom stereocenters. The van der Waals surface area contributed by atoms with Gasteiger partial charge in [0.15, 0.2) is 5.03 Å². The maximum Gasteiger partial charge on any atom is 0.224 e. The molecule has 6 nitrogen and oxygen atoms in total. The van der Waals surface area contributed by atoms with Gasteiger partial charge in [0.05, 0.1) is 10.4 Å². The van der Waals surface area contributed by atoms with Gasteiger partial charge in [0.1, 0.15) is 0 Å². The molecule has 0 bridgehead atoms. The summed E-state index contributed by atoms with van der Waals surface area (Å²) >= 11 is 0. The number of sulfone groups is 1. The van der Waals surface area contributed by atoms with E-state index in [1.165, 1.54) is 0 Å². The van der Waals surface area contributed by atoms with Gasteiger partial charge >= 0.3 is 0 Å². The smallest absolute Gasteiger partial charge is 0.224 e. The number of nitrogens with two attached hydrogens (primary N) is 1. The van der Waals surface area contributed by atoms with E-state index in [9.17, 15) is 8.42 Å². The number of nitrogens with zero attached hydrogens (tertiary/aromatic N) is 1. The number of benzene rings is 3. The summed E-state index contributed by atoms with van der Waals surface area (Å²) in [6.45, 7) is 4.74. The van der Waals surface area contributed by atoms with Crippen molar-refractivity contribution in [3.05, 3.63) is 60.7 Å². The van der Waals surface area contributed by atoms with Crippen LogP contribution in [0.15, 0.2) is 70.6 Å². The zero-order valence-corrected chi connectivity index (χ0v) is 17.2. The molecule has 4 aromatic rings. The van der Waals surface area contributed by atoms with Crippen LogP contribution in [0.3, 0.4) is 0 Å². The zero-order valence-electron chi connectivity index (χ0n) is 16.4. The average Bonchev–Trinajstić information content (AvgIpc) is 3.15. The van der Waals surface area contributed by atoms with E-state index < -0.39 is 9.84 Å². The number of H-pyrrole nitrogens is 1. The number of anilines is 1. The van der Waals surface area contributed by atoms with Gasteiger partial charge in [0.25, 0.3) is 0 Å². The van der Waals surface area contributed by atoms with Crippen molar-refractivity contribution in [3.63, 3.8) is 0 Å². The molecule has 4 rings (SSSR count). The molecule has 0 radical (unpaired) electrons. The lowest BCUT2D eigenvalue weighted by atomic mass is 10.1. The first-order valence-electron chi connectivity index (χ1n) is 9.58. The molecule has 0 aliphatic heterocycles. The van der Waals surface area contributed by atoms with Crippen LogP contribution >= 0.6 is 0 Å². The van der Waals surface area contributed by atoms with Crippen LogP contribution in [-0.2, 0) is 9.84 Å². The van der Waals surface area contributed by atoms with Crippen molar-refractivity contribution in [1.29, 1.82) is 0 Å². The maximum absolute atomic E-state index is 13.5. The molecule has 29 heavy (non-hydrogen) atoms. The SMILES string of the molecule is CC(C)C(N)CNc1ccc2n[nH]c(S(=O)(=O)c3cccc4ccccc34)c2c1. The molecule has 0 fully saturated rings. The summed E-state index contributed by atoms with van der Waals surface area (Å²) < 4.78 is 27.0. The summed E-state index contributed by atoms with van der Waals surface area (Å²) in [5, 5.41) is 12.5. The predicted molar refractivity (Wildman–Crippen MR) is 117 cm³/mol. The standard InChI is InChI=1S/C22H24N4O2S/c1-14(2)19(23)13-24-16-10-11-20-18(12-16)22(26-25-20)29(27,28)21-9-5-7-15-6-3-4-8-17(15)21/h3-12,14,19,24H,13,23H2,1-2H3,(H,25,26). The monoisotopic (exact) mass is 408 g/mol. The molecule has 3 aromatic carbocycles. The topological polar surface area (TPSA) is 101 Å². The van der Waals surface area contributed by atoms with Gasteiger partial charge in [-0.2, -0.15) is 5.10 Å². The van der Waals surface area contributed by atoms with Crippen molar-refractivity contribution >= 4 is 37.2 Å². The van der Waals surface area contributed by atoms with Crippen molar-refractivity contribution in [2.45, 2.75) is 29.8 Å². The average molecular weight is 409 g/mol. The van der Waals surface area contributed by atoms with Crippen molar-refractivity contribution in [1.82, 2.24) is 10.2 Å². The number of hydrogen-bond donors (Lipinski definition) is 3. The summed E-state index contributed by atoms with van der Waals surface area (Å²) in [5.74, 6) is 0.349. The van der Waals surface area contributed by atoms with E-state index in [2.05, 4.69) is 29.4 Å². The fourth-order valence-electron chi connectivity index (χ4n) is 3.31. The van der Waals surface area contributed by atoms with Crippen LogP contribution in [-0.4, -0.2) is 31.2 Å². The first-order chi connectivity index (χ1) is 13.9. The van der Waals surface area contributed by atoms with Crippen molar-refractivity contribution in [2.24, 2.45) is 11.7 Å². The van der Waals surface area contributed by atoms with Gasteiger partial charge in [0, 0.05) is 29.0 Å². The third-order valence-corrected chi connectivity index (χ3v) is 7.01. The summed E-state index contributed by atoms with van der Waals surface area (Å²) in [6, 6.07) is 18.2. The molecule has 4 N–H and O–H groups in total. The lowest BCUT2D eigenvalue weighted by molar-refractivity contribution is 0.511. The Balaban J connectivity index is 1.77. The summed E-state index contributed by atoms with van der Waals surface area (Å²) in [7, 11) is -3.78. The zero-order chi connectivity index (χ0) is 20.6. The number of aromatic amines is 1. The summed E-state index contributed by atoms with van der Waals surface area (Å²) in [6.07, 6.45) is 0. The molecule has 0 aliphatic carbocycles. The second kappa shape index (κ2) is 7.50. The minimum atomic E-state index is -3.78. The number of aromatic nitrogens is 2. The summed E-state index contributed by atoms with van der Waals surface area (Å²) in [5.41, 5.74) is 7.52. The quantitative estimate of drug-likeness (QED) is 0.448. The van der Waals surface area contributed by atoms with Crippen LogP contribution < -0.4 is 11.1 Å². The minimum Gasteiger partial charge on any atom is -0.383 e. The number of fused-ring (bicyclic) bond motifs is 2. The van der Waals surface area contributed by atoms with Crippen LogP contribution in [0, 0.1) is 5.92 Å². The van der Waals surface area contributed by atoms with E-state index >= 15 is 0 Å². The van der Waals surface area contributed by atoms with Gasteiger partial charge in [0.2, 0.25) is 9.84 Å². The van der Waals surface area contributed by atoms with Gasteiger partial charge in [-0.3, -0.25) is 5.10 Å². The molecular formula is C22H24N4O2S. The Labute approximate surface area is 170 Å². The van der Waals surface area contributed by atoms with Crippen molar-refractivity contribution in [2.75, 3.05) is 11.9 Å². The first-order valence-corrected chi connectivity index (χ1v) is 11.1. The molecule has 1 unspecified atom stereocenters. The third-order valence-electron chi connectivity index (χ3n) is 5.23. The number of hydrogen-bond acceptors (Lipinski definition) is 5. The minimum absolute atomic E-state index is 0.00827. The number of rotatable bonds is 6. The molecular weight excluding hydrogens is 384 g/mol. The molecule has 7 heteroatoms. The first kappa shape index (κ1) is 19.4. The van der Waals surface area contributed by atoms with Gasteiger partial charge in [-0.1, -0.05) is 50.2 Å². The van der Waals surface area contributed by atoms with Gasteiger partial charge in [-0.15, -0.1) is 0 Å². The Morgan fingerprint density at radius 1 is 1.03 bits per heavy atom. The maximum atomic E-state index is 13.5. The Kier molecular flexibility index (Phi) is 5.02. The molecule has 0 spiro atoms. The van der Waals surface area contributed by atoms with Crippen LogP contribution in [0.25, 0.3) is 21.7 Å². The van der Waals surface area contributed by atoms with Crippen LogP contribution in [0.2, 0.25) is 0 Å². The second-order valence-electron chi connectivity index (χ2n) is 7.55. The molecule has 0 aliphatic rings. The highest BCUT2D eigenvalue weighted by molar-refractivity contribution is 7.91. The lowest BCUT2D eigenvalue weighted by Crippen LogP contribution is -2.33. The Bertz CT molecular complexity index is 1270. The van der Waals surface area contributed by atoms with Gasteiger partial charge in [-0.25, -0.2) is 8.42 Å². The predicted octanol–water partition coefficient (Wildman–Crippen LogP) is 3.94. The molecule has 1 aromatic heterocycles. The van der Waals surface area contributed by atoms with Crippen molar-refractivity contribution < 1.29 is 8.42 Å². The normalized spacial score (nSPS) is 13.2. The highest BCUT2D eigenvalue weighted by atomic mass is 32.2. The Morgan fingerprint density at radius 2 is 1.79 bits per heavy atom. The van der Waals surface area contributed by atoms with E-state index in [0.717, 1.165) is 11.1 Å². The molecule has 150 valence electrons. The van der Waals surface area contributed by atoms with Gasteiger partial charge < -0.3 is 11.1 Å².